The normalized spacial score (nSPS) is 18.0. The van der Waals surface area contributed by atoms with E-state index in [4.69, 9.17) is 10.5 Å². The summed E-state index contributed by atoms with van der Waals surface area (Å²) in [6.45, 7) is 1.80. The van der Waals surface area contributed by atoms with Crippen molar-refractivity contribution in [2.75, 3.05) is 7.11 Å². The topological polar surface area (TPSA) is 35.2 Å². The summed E-state index contributed by atoms with van der Waals surface area (Å²) in [7, 11) is 1.42. The number of hydrogen-bond acceptors (Lipinski definition) is 2. The zero-order valence-corrected chi connectivity index (χ0v) is 10.1. The first-order valence-electron chi connectivity index (χ1n) is 5.74. The molecular weight excluding hydrogens is 224 g/mol. The summed E-state index contributed by atoms with van der Waals surface area (Å²) < 4.78 is 31.1. The lowest BCUT2D eigenvalue weighted by molar-refractivity contribution is 0.145. The molecule has 0 spiro atoms. The van der Waals surface area contributed by atoms with E-state index in [-0.39, 0.29) is 11.3 Å². The molecule has 1 saturated carbocycles. The van der Waals surface area contributed by atoms with Crippen molar-refractivity contribution >= 4 is 0 Å². The summed E-state index contributed by atoms with van der Waals surface area (Å²) in [4.78, 5) is 0. The Morgan fingerprint density at radius 3 is 2.41 bits per heavy atom. The average molecular weight is 241 g/mol. The van der Waals surface area contributed by atoms with Crippen LogP contribution in [0.25, 0.3) is 0 Å². The number of ether oxygens (including phenoxy) is 1. The summed E-state index contributed by atoms with van der Waals surface area (Å²) in [5.41, 5.74) is 7.19. The molecule has 2 rings (SSSR count). The van der Waals surface area contributed by atoms with Crippen molar-refractivity contribution in [3.05, 3.63) is 28.8 Å². The summed E-state index contributed by atoms with van der Waals surface area (Å²) in [5.74, 6) is 0.257. The number of benzene rings is 1. The largest absolute Gasteiger partial charge is 0.496 e. The summed E-state index contributed by atoms with van der Waals surface area (Å²) >= 11 is 0. The van der Waals surface area contributed by atoms with E-state index in [1.165, 1.54) is 13.2 Å². The highest BCUT2D eigenvalue weighted by Crippen LogP contribution is 2.46. The van der Waals surface area contributed by atoms with Crippen molar-refractivity contribution in [2.45, 2.75) is 38.2 Å². The Hall–Kier alpha value is -1.16. The van der Waals surface area contributed by atoms with Crippen LogP contribution < -0.4 is 10.5 Å². The lowest BCUT2D eigenvalue weighted by Crippen LogP contribution is -2.43. The van der Waals surface area contributed by atoms with E-state index in [1.807, 2.05) is 6.07 Å². The molecule has 2 nitrogen and oxygen atoms in total. The second kappa shape index (κ2) is 4.26. The van der Waals surface area contributed by atoms with E-state index < -0.39 is 12.0 Å². The van der Waals surface area contributed by atoms with Crippen molar-refractivity contribution in [2.24, 2.45) is 5.73 Å². The maximum atomic E-state index is 13.0. The molecule has 0 aromatic heterocycles. The van der Waals surface area contributed by atoms with Crippen molar-refractivity contribution in [3.8, 4) is 5.75 Å². The Labute approximate surface area is 99.8 Å². The zero-order chi connectivity index (χ0) is 12.6. The van der Waals surface area contributed by atoms with Gasteiger partial charge in [-0.25, -0.2) is 8.78 Å². The van der Waals surface area contributed by atoms with Gasteiger partial charge in [0, 0.05) is 11.1 Å². The van der Waals surface area contributed by atoms with E-state index in [1.54, 1.807) is 6.92 Å². The van der Waals surface area contributed by atoms with Gasteiger partial charge in [-0.1, -0.05) is 11.6 Å². The number of nitrogens with two attached hydrogens (primary N) is 1. The highest BCUT2D eigenvalue weighted by molar-refractivity contribution is 5.49. The van der Waals surface area contributed by atoms with Crippen LogP contribution >= 0.6 is 0 Å². The SMILES string of the molecule is COc1c(C(F)F)cc(C)cc1C1(N)CCC1. The molecule has 0 atom stereocenters. The summed E-state index contributed by atoms with van der Waals surface area (Å²) in [5, 5.41) is 0. The lowest BCUT2D eigenvalue weighted by atomic mass is 9.71. The Kier molecular flexibility index (Phi) is 3.08. The predicted octanol–water partition coefficient (Wildman–Crippen LogP) is 3.28. The fourth-order valence-electron chi connectivity index (χ4n) is 2.39. The van der Waals surface area contributed by atoms with Gasteiger partial charge in [0.05, 0.1) is 12.7 Å². The van der Waals surface area contributed by atoms with Gasteiger partial charge in [0.15, 0.2) is 0 Å². The second-order valence-electron chi connectivity index (χ2n) is 4.75. The van der Waals surface area contributed by atoms with E-state index >= 15 is 0 Å². The molecule has 94 valence electrons. The Balaban J connectivity index is 2.57. The molecule has 1 aromatic rings. The van der Waals surface area contributed by atoms with Gasteiger partial charge in [-0.15, -0.1) is 0 Å². The molecule has 0 bridgehead atoms. The highest BCUT2D eigenvalue weighted by atomic mass is 19.3. The molecule has 1 aromatic carbocycles. The van der Waals surface area contributed by atoms with Crippen LogP contribution in [0.1, 0.15) is 42.4 Å². The molecule has 1 aliphatic carbocycles. The molecule has 0 amide bonds. The molecule has 4 heteroatoms. The summed E-state index contributed by atoms with van der Waals surface area (Å²) in [6, 6.07) is 3.33. The standard InChI is InChI=1S/C13H17F2NO/c1-8-6-9(12(14)15)11(17-2)10(7-8)13(16)4-3-5-13/h6-7,12H,3-5,16H2,1-2H3. The first-order valence-corrected chi connectivity index (χ1v) is 5.74. The van der Waals surface area contributed by atoms with Gasteiger partial charge in [0.1, 0.15) is 5.75 Å². The van der Waals surface area contributed by atoms with Gasteiger partial charge in [-0.05, 0) is 32.3 Å². The molecule has 17 heavy (non-hydrogen) atoms. The van der Waals surface area contributed by atoms with Crippen molar-refractivity contribution < 1.29 is 13.5 Å². The summed E-state index contributed by atoms with van der Waals surface area (Å²) in [6.07, 6.45) is 0.162. The maximum Gasteiger partial charge on any atom is 0.267 e. The fraction of sp³-hybridized carbons (Fsp3) is 0.538. The molecule has 1 fully saturated rings. The minimum atomic E-state index is -2.53. The molecule has 0 saturated heterocycles. The minimum Gasteiger partial charge on any atom is -0.496 e. The molecule has 0 heterocycles. The Morgan fingerprint density at radius 1 is 1.35 bits per heavy atom. The van der Waals surface area contributed by atoms with E-state index in [9.17, 15) is 8.78 Å². The highest BCUT2D eigenvalue weighted by Gasteiger charge is 2.38. The number of hydrogen-bond donors (Lipinski definition) is 1. The monoisotopic (exact) mass is 241 g/mol. The maximum absolute atomic E-state index is 13.0. The second-order valence-corrected chi connectivity index (χ2v) is 4.75. The number of methoxy groups -OCH3 is 1. The predicted molar refractivity (Wildman–Crippen MR) is 62.4 cm³/mol. The fourth-order valence-corrected chi connectivity index (χ4v) is 2.39. The van der Waals surface area contributed by atoms with Gasteiger partial charge in [0.2, 0.25) is 0 Å². The number of alkyl halides is 2. The first-order chi connectivity index (χ1) is 7.98. The molecule has 0 radical (unpaired) electrons. The van der Waals surface area contributed by atoms with E-state index in [2.05, 4.69) is 0 Å². The van der Waals surface area contributed by atoms with Crippen LogP contribution in [0.2, 0.25) is 0 Å². The molecule has 0 unspecified atom stereocenters. The van der Waals surface area contributed by atoms with Gasteiger partial charge >= 0.3 is 0 Å². The molecule has 2 N–H and O–H groups in total. The number of halogens is 2. The Morgan fingerprint density at radius 2 is 2.00 bits per heavy atom. The van der Waals surface area contributed by atoms with E-state index in [0.29, 0.717) is 0 Å². The number of aryl methyl sites for hydroxylation is 1. The van der Waals surface area contributed by atoms with Crippen LogP contribution in [0.5, 0.6) is 5.75 Å². The molecule has 0 aliphatic heterocycles. The quantitative estimate of drug-likeness (QED) is 0.881. The average Bonchev–Trinajstić information content (AvgIpc) is 2.24. The molecule has 1 aliphatic rings. The molecular formula is C13H17F2NO. The van der Waals surface area contributed by atoms with Crippen LogP contribution in [0.4, 0.5) is 8.78 Å². The van der Waals surface area contributed by atoms with Crippen LogP contribution in [0.15, 0.2) is 12.1 Å². The van der Waals surface area contributed by atoms with Crippen molar-refractivity contribution in [1.82, 2.24) is 0 Å². The van der Waals surface area contributed by atoms with Crippen LogP contribution in [-0.4, -0.2) is 7.11 Å². The number of rotatable bonds is 3. The lowest BCUT2D eigenvalue weighted by Gasteiger charge is -2.40. The van der Waals surface area contributed by atoms with Crippen LogP contribution in [0, 0.1) is 6.92 Å². The van der Waals surface area contributed by atoms with Crippen LogP contribution in [0.3, 0.4) is 0 Å². The third kappa shape index (κ3) is 2.02. The smallest absolute Gasteiger partial charge is 0.267 e. The third-order valence-corrected chi connectivity index (χ3v) is 3.48. The third-order valence-electron chi connectivity index (χ3n) is 3.48. The van der Waals surface area contributed by atoms with Gasteiger partial charge in [-0.3, -0.25) is 0 Å². The minimum absolute atomic E-state index is 0.0563. The van der Waals surface area contributed by atoms with Crippen molar-refractivity contribution in [1.29, 1.82) is 0 Å². The van der Waals surface area contributed by atoms with Gasteiger partial charge in [-0.2, -0.15) is 0 Å². The van der Waals surface area contributed by atoms with Gasteiger partial charge in [0.25, 0.3) is 6.43 Å². The van der Waals surface area contributed by atoms with Crippen LogP contribution in [-0.2, 0) is 5.54 Å². The zero-order valence-electron chi connectivity index (χ0n) is 10.1. The van der Waals surface area contributed by atoms with E-state index in [0.717, 1.165) is 30.4 Å². The van der Waals surface area contributed by atoms with Crippen molar-refractivity contribution in [3.63, 3.8) is 0 Å². The van der Waals surface area contributed by atoms with Gasteiger partial charge < -0.3 is 10.5 Å². The Bertz CT molecular complexity index is 428. The first kappa shape index (κ1) is 12.3.